The molecule has 0 aliphatic carbocycles. The molecule has 1 aromatic carbocycles. The zero-order valence-corrected chi connectivity index (χ0v) is 11.0. The van der Waals surface area contributed by atoms with Gasteiger partial charge in [0, 0.05) is 19.6 Å². The quantitative estimate of drug-likeness (QED) is 0.862. The number of hydrogen-bond donors (Lipinski definition) is 1. The van der Waals surface area contributed by atoms with E-state index in [-0.39, 0.29) is 12.0 Å². The molecule has 0 saturated carbocycles. The summed E-state index contributed by atoms with van der Waals surface area (Å²) < 4.78 is 5.46. The Morgan fingerprint density at radius 2 is 2.11 bits per heavy atom. The molecule has 0 bridgehead atoms. The van der Waals surface area contributed by atoms with Crippen molar-refractivity contribution in [3.8, 4) is 0 Å². The fourth-order valence-corrected chi connectivity index (χ4v) is 2.09. The Hall–Kier alpha value is -1.39. The largest absolute Gasteiger partial charge is 0.365 e. The molecule has 0 spiro atoms. The van der Waals surface area contributed by atoms with Gasteiger partial charge in [-0.3, -0.25) is 4.79 Å². The summed E-state index contributed by atoms with van der Waals surface area (Å²) in [7, 11) is 1.83. The highest BCUT2D eigenvalue weighted by molar-refractivity contribution is 5.81. The minimum Gasteiger partial charge on any atom is -0.365 e. The summed E-state index contributed by atoms with van der Waals surface area (Å²) in [5, 5.41) is 2.99. The van der Waals surface area contributed by atoms with Crippen molar-refractivity contribution >= 4 is 5.91 Å². The van der Waals surface area contributed by atoms with E-state index < -0.39 is 0 Å². The van der Waals surface area contributed by atoms with Crippen molar-refractivity contribution < 1.29 is 9.53 Å². The van der Waals surface area contributed by atoms with Crippen molar-refractivity contribution in [1.82, 2.24) is 10.2 Å². The van der Waals surface area contributed by atoms with Gasteiger partial charge >= 0.3 is 0 Å². The van der Waals surface area contributed by atoms with E-state index in [1.807, 2.05) is 11.9 Å². The molecule has 1 N–H and O–H groups in total. The van der Waals surface area contributed by atoms with Crippen LogP contribution in [-0.4, -0.2) is 43.7 Å². The smallest absolute Gasteiger partial charge is 0.253 e. The molecule has 4 heteroatoms. The van der Waals surface area contributed by atoms with E-state index in [1.54, 1.807) is 0 Å². The topological polar surface area (TPSA) is 41.6 Å². The summed E-state index contributed by atoms with van der Waals surface area (Å²) in [5.41, 5.74) is 2.40. The predicted octanol–water partition coefficient (Wildman–Crippen LogP) is 0.942. The third kappa shape index (κ3) is 3.09. The molecule has 1 saturated heterocycles. The van der Waals surface area contributed by atoms with Gasteiger partial charge in [-0.1, -0.05) is 29.8 Å². The van der Waals surface area contributed by atoms with Crippen molar-refractivity contribution in [2.45, 2.75) is 19.6 Å². The van der Waals surface area contributed by atoms with Crippen LogP contribution in [0.4, 0.5) is 0 Å². The molecule has 18 heavy (non-hydrogen) atoms. The number of carbonyl (C=O) groups is 1. The fraction of sp³-hybridized carbons (Fsp3) is 0.500. The van der Waals surface area contributed by atoms with E-state index in [4.69, 9.17) is 4.74 Å². The van der Waals surface area contributed by atoms with Crippen molar-refractivity contribution in [3.05, 3.63) is 35.4 Å². The molecule has 1 heterocycles. The molecule has 1 aliphatic heterocycles. The lowest BCUT2D eigenvalue weighted by atomic mass is 10.1. The van der Waals surface area contributed by atoms with Gasteiger partial charge in [0.25, 0.3) is 5.91 Å². The van der Waals surface area contributed by atoms with Crippen molar-refractivity contribution in [3.63, 3.8) is 0 Å². The van der Waals surface area contributed by atoms with Crippen molar-refractivity contribution in [2.75, 3.05) is 26.7 Å². The standard InChI is InChI=1S/C14H20N2O2/c1-11-3-5-12(6-4-11)10-16-7-8-18-13(9-15-2)14(16)17/h3-6,13,15H,7-10H2,1-2H3. The van der Waals surface area contributed by atoms with E-state index in [9.17, 15) is 4.79 Å². The highest BCUT2D eigenvalue weighted by Crippen LogP contribution is 2.12. The summed E-state index contributed by atoms with van der Waals surface area (Å²) >= 11 is 0. The Balaban J connectivity index is 2.00. The molecule has 1 unspecified atom stereocenters. The zero-order valence-electron chi connectivity index (χ0n) is 11.0. The molecule has 0 aromatic heterocycles. The molecule has 1 aliphatic rings. The molecule has 98 valence electrons. The number of hydrogen-bond acceptors (Lipinski definition) is 3. The minimum absolute atomic E-state index is 0.0798. The SMILES string of the molecule is CNCC1OCCN(Cc2ccc(C)cc2)C1=O. The number of likely N-dealkylation sites (N-methyl/N-ethyl adjacent to an activating group) is 1. The Labute approximate surface area is 108 Å². The van der Waals surface area contributed by atoms with Crippen molar-refractivity contribution in [1.29, 1.82) is 0 Å². The first-order chi connectivity index (χ1) is 8.70. The third-order valence-corrected chi connectivity index (χ3v) is 3.15. The van der Waals surface area contributed by atoms with E-state index in [2.05, 4.69) is 36.5 Å². The van der Waals surface area contributed by atoms with Crippen LogP contribution in [0.5, 0.6) is 0 Å². The van der Waals surface area contributed by atoms with Gasteiger partial charge in [0.2, 0.25) is 0 Å². The first-order valence-corrected chi connectivity index (χ1v) is 6.31. The first-order valence-electron chi connectivity index (χ1n) is 6.31. The summed E-state index contributed by atoms with van der Waals surface area (Å²) in [6, 6.07) is 8.30. The van der Waals surface area contributed by atoms with Gasteiger partial charge in [-0.05, 0) is 19.5 Å². The van der Waals surface area contributed by atoms with Gasteiger partial charge in [0.1, 0.15) is 6.10 Å². The lowest BCUT2D eigenvalue weighted by molar-refractivity contribution is -0.153. The van der Waals surface area contributed by atoms with Crippen LogP contribution in [0.3, 0.4) is 0 Å². The normalized spacial score (nSPS) is 20.2. The van der Waals surface area contributed by atoms with Gasteiger partial charge in [-0.25, -0.2) is 0 Å². The lowest BCUT2D eigenvalue weighted by Gasteiger charge is -2.32. The van der Waals surface area contributed by atoms with Gasteiger partial charge in [-0.15, -0.1) is 0 Å². The van der Waals surface area contributed by atoms with E-state index >= 15 is 0 Å². The van der Waals surface area contributed by atoms with Crippen LogP contribution in [0.1, 0.15) is 11.1 Å². The van der Waals surface area contributed by atoms with Crippen molar-refractivity contribution in [2.24, 2.45) is 0 Å². The number of ether oxygens (including phenoxy) is 1. The molecular formula is C14H20N2O2. The van der Waals surface area contributed by atoms with Gasteiger partial charge in [0.15, 0.2) is 0 Å². The van der Waals surface area contributed by atoms with E-state index in [1.165, 1.54) is 11.1 Å². The number of benzene rings is 1. The van der Waals surface area contributed by atoms with E-state index in [0.717, 1.165) is 0 Å². The maximum absolute atomic E-state index is 12.1. The van der Waals surface area contributed by atoms with Crippen LogP contribution in [0.25, 0.3) is 0 Å². The molecule has 0 radical (unpaired) electrons. The van der Waals surface area contributed by atoms with Gasteiger partial charge < -0.3 is 15.0 Å². The number of nitrogens with zero attached hydrogens (tertiary/aromatic N) is 1. The maximum Gasteiger partial charge on any atom is 0.253 e. The Morgan fingerprint density at radius 1 is 1.39 bits per heavy atom. The number of amides is 1. The third-order valence-electron chi connectivity index (χ3n) is 3.15. The number of aryl methyl sites for hydroxylation is 1. The Bertz CT molecular complexity index is 401. The maximum atomic E-state index is 12.1. The summed E-state index contributed by atoms with van der Waals surface area (Å²) in [4.78, 5) is 14.0. The van der Waals surface area contributed by atoms with Crippen LogP contribution < -0.4 is 5.32 Å². The van der Waals surface area contributed by atoms with Crippen LogP contribution in [-0.2, 0) is 16.1 Å². The summed E-state index contributed by atoms with van der Waals surface area (Å²) in [6.45, 7) is 4.59. The molecule has 4 nitrogen and oxygen atoms in total. The molecule has 1 fully saturated rings. The predicted molar refractivity (Wildman–Crippen MR) is 70.3 cm³/mol. The Morgan fingerprint density at radius 3 is 2.78 bits per heavy atom. The summed E-state index contributed by atoms with van der Waals surface area (Å²) in [6.07, 6.45) is -0.339. The first kappa shape index (κ1) is 13.1. The van der Waals surface area contributed by atoms with Crippen LogP contribution in [0.15, 0.2) is 24.3 Å². The monoisotopic (exact) mass is 248 g/mol. The summed E-state index contributed by atoms with van der Waals surface area (Å²) in [5.74, 6) is 0.0798. The molecule has 1 aromatic rings. The minimum atomic E-state index is -0.339. The average Bonchev–Trinajstić information content (AvgIpc) is 2.37. The zero-order chi connectivity index (χ0) is 13.0. The van der Waals surface area contributed by atoms with Gasteiger partial charge in [-0.2, -0.15) is 0 Å². The lowest BCUT2D eigenvalue weighted by Crippen LogP contribution is -2.50. The number of morpholine rings is 1. The molecular weight excluding hydrogens is 228 g/mol. The fourth-order valence-electron chi connectivity index (χ4n) is 2.09. The highest BCUT2D eigenvalue weighted by Gasteiger charge is 2.28. The number of carbonyl (C=O) groups excluding carboxylic acids is 1. The molecule has 1 atom stereocenters. The molecule has 2 rings (SSSR count). The second-order valence-corrected chi connectivity index (χ2v) is 4.66. The number of nitrogens with one attached hydrogen (secondary N) is 1. The van der Waals surface area contributed by atoms with Crippen LogP contribution in [0.2, 0.25) is 0 Å². The van der Waals surface area contributed by atoms with Crippen LogP contribution >= 0.6 is 0 Å². The van der Waals surface area contributed by atoms with Crippen LogP contribution in [0, 0.1) is 6.92 Å². The second-order valence-electron chi connectivity index (χ2n) is 4.66. The van der Waals surface area contributed by atoms with E-state index in [0.29, 0.717) is 26.2 Å². The highest BCUT2D eigenvalue weighted by atomic mass is 16.5. The number of rotatable bonds is 4. The average molecular weight is 248 g/mol. The van der Waals surface area contributed by atoms with Gasteiger partial charge in [0.05, 0.1) is 6.61 Å². The molecule has 1 amide bonds. The second kappa shape index (κ2) is 5.98. The Kier molecular flexibility index (Phi) is 4.33.